The summed E-state index contributed by atoms with van der Waals surface area (Å²) in [5.74, 6) is -1.93. The molecule has 1 unspecified atom stereocenters. The largest absolute Gasteiger partial charge is 0.505 e. The molecular weight excluding hydrogens is 248 g/mol. The molecule has 6 heteroatoms. The Hall–Kier alpha value is -2.37. The number of ketones is 1. The predicted molar refractivity (Wildman–Crippen MR) is 67.8 cm³/mol. The van der Waals surface area contributed by atoms with E-state index in [1.54, 1.807) is 6.07 Å². The third-order valence-electron chi connectivity index (χ3n) is 3.21. The molecule has 1 heterocycles. The molecule has 1 atom stereocenters. The molecule has 1 saturated heterocycles. The van der Waals surface area contributed by atoms with E-state index in [2.05, 4.69) is 0 Å². The number of aromatic hydroxyl groups is 1. The molecule has 0 aromatic heterocycles. The monoisotopic (exact) mass is 262 g/mol. The van der Waals surface area contributed by atoms with Gasteiger partial charge in [0, 0.05) is 13.0 Å². The molecule has 100 valence electrons. The average Bonchev–Trinajstić information content (AvgIpc) is 2.71. The molecule has 1 aromatic carbocycles. The van der Waals surface area contributed by atoms with Crippen LogP contribution in [0.15, 0.2) is 18.2 Å². The molecule has 2 amide bonds. The van der Waals surface area contributed by atoms with Crippen molar-refractivity contribution in [3.05, 3.63) is 23.8 Å². The van der Waals surface area contributed by atoms with Gasteiger partial charge in [0.15, 0.2) is 5.78 Å². The van der Waals surface area contributed by atoms with E-state index < -0.39 is 11.8 Å². The number of para-hydroxylation sites is 1. The van der Waals surface area contributed by atoms with Crippen LogP contribution in [0, 0.1) is 5.92 Å². The zero-order valence-electron chi connectivity index (χ0n) is 10.4. The zero-order chi connectivity index (χ0) is 14.2. The fraction of sp³-hybridized carbons (Fsp3) is 0.308. The van der Waals surface area contributed by atoms with Gasteiger partial charge in [-0.2, -0.15) is 0 Å². The van der Waals surface area contributed by atoms with Crippen LogP contribution in [0.25, 0.3) is 0 Å². The fourth-order valence-electron chi connectivity index (χ4n) is 2.16. The normalized spacial score (nSPS) is 18.7. The van der Waals surface area contributed by atoms with Crippen LogP contribution < -0.4 is 10.6 Å². The maximum Gasteiger partial charge on any atom is 0.227 e. The summed E-state index contributed by atoms with van der Waals surface area (Å²) in [6, 6.07) is 4.59. The first-order chi connectivity index (χ1) is 8.91. The first kappa shape index (κ1) is 13.1. The van der Waals surface area contributed by atoms with Gasteiger partial charge in [-0.3, -0.25) is 14.4 Å². The second-order valence-electron chi connectivity index (χ2n) is 4.54. The number of primary amides is 1. The molecular formula is C13H14N2O4. The van der Waals surface area contributed by atoms with Crippen molar-refractivity contribution >= 4 is 23.3 Å². The highest BCUT2D eigenvalue weighted by Gasteiger charge is 2.35. The van der Waals surface area contributed by atoms with Crippen molar-refractivity contribution in [3.8, 4) is 5.75 Å². The number of carbonyl (C=O) groups is 3. The molecule has 0 radical (unpaired) electrons. The van der Waals surface area contributed by atoms with E-state index in [0.29, 0.717) is 0 Å². The summed E-state index contributed by atoms with van der Waals surface area (Å²) in [5.41, 5.74) is 5.57. The van der Waals surface area contributed by atoms with E-state index in [4.69, 9.17) is 5.73 Å². The molecule has 1 aromatic rings. The number of nitrogens with zero attached hydrogens (tertiary/aromatic N) is 1. The molecule has 19 heavy (non-hydrogen) atoms. The zero-order valence-corrected chi connectivity index (χ0v) is 10.4. The van der Waals surface area contributed by atoms with Crippen molar-refractivity contribution in [2.45, 2.75) is 13.3 Å². The van der Waals surface area contributed by atoms with Crippen molar-refractivity contribution < 1.29 is 19.5 Å². The molecule has 6 nitrogen and oxygen atoms in total. The number of anilines is 1. The van der Waals surface area contributed by atoms with Crippen LogP contribution in [0.3, 0.4) is 0 Å². The molecule has 1 fully saturated rings. The summed E-state index contributed by atoms with van der Waals surface area (Å²) >= 11 is 0. The van der Waals surface area contributed by atoms with Gasteiger partial charge in [0.05, 0.1) is 17.2 Å². The number of benzene rings is 1. The second kappa shape index (κ2) is 4.72. The highest BCUT2D eigenvalue weighted by atomic mass is 16.3. The van der Waals surface area contributed by atoms with Gasteiger partial charge in [-0.05, 0) is 19.1 Å². The summed E-state index contributed by atoms with van der Waals surface area (Å²) < 4.78 is 0. The quantitative estimate of drug-likeness (QED) is 0.771. The van der Waals surface area contributed by atoms with Crippen LogP contribution in [0.1, 0.15) is 23.7 Å². The summed E-state index contributed by atoms with van der Waals surface area (Å²) in [4.78, 5) is 35.6. The number of Topliss-reactive ketones (excluding diaryl/α,β-unsaturated/α-hetero) is 1. The van der Waals surface area contributed by atoms with Crippen LogP contribution in [0.2, 0.25) is 0 Å². The van der Waals surface area contributed by atoms with Gasteiger partial charge >= 0.3 is 0 Å². The Labute approximate surface area is 109 Å². The van der Waals surface area contributed by atoms with Gasteiger partial charge in [0.1, 0.15) is 5.75 Å². The number of hydrogen-bond acceptors (Lipinski definition) is 4. The minimum absolute atomic E-state index is 0.0269. The standard InChI is InChI=1S/C13H14N2O4/c1-7(16)9-3-2-4-10(12(9)18)15-6-8(13(14)19)5-11(15)17/h2-4,8,18H,5-6H2,1H3,(H2,14,19). The Kier molecular flexibility index (Phi) is 3.25. The molecule has 0 aliphatic carbocycles. The minimum Gasteiger partial charge on any atom is -0.505 e. The molecule has 1 aliphatic heterocycles. The predicted octanol–water partition coefficient (Wildman–Crippen LogP) is 0.433. The second-order valence-corrected chi connectivity index (χ2v) is 4.54. The topological polar surface area (TPSA) is 101 Å². The van der Waals surface area contributed by atoms with Crippen LogP contribution in [0.4, 0.5) is 5.69 Å². The third kappa shape index (κ3) is 2.29. The number of phenols is 1. The summed E-state index contributed by atoms with van der Waals surface area (Å²) in [7, 11) is 0. The first-order valence-electron chi connectivity index (χ1n) is 5.84. The number of carbonyl (C=O) groups excluding carboxylic acids is 3. The van der Waals surface area contributed by atoms with Crippen molar-refractivity contribution in [2.24, 2.45) is 11.7 Å². The van der Waals surface area contributed by atoms with E-state index in [1.807, 2.05) is 0 Å². The molecule has 2 rings (SSSR count). The maximum atomic E-state index is 11.8. The highest BCUT2D eigenvalue weighted by Crippen LogP contribution is 2.34. The Morgan fingerprint density at radius 2 is 2.11 bits per heavy atom. The SMILES string of the molecule is CC(=O)c1cccc(N2CC(C(N)=O)CC2=O)c1O. The number of nitrogens with two attached hydrogens (primary N) is 1. The lowest BCUT2D eigenvalue weighted by Gasteiger charge is -2.18. The average molecular weight is 262 g/mol. The van der Waals surface area contributed by atoms with E-state index >= 15 is 0 Å². The number of rotatable bonds is 3. The van der Waals surface area contributed by atoms with Crippen molar-refractivity contribution in [2.75, 3.05) is 11.4 Å². The fourth-order valence-corrected chi connectivity index (χ4v) is 2.16. The van der Waals surface area contributed by atoms with E-state index in [1.165, 1.54) is 24.0 Å². The number of amides is 2. The highest BCUT2D eigenvalue weighted by molar-refractivity contribution is 6.04. The lowest BCUT2D eigenvalue weighted by molar-refractivity contribution is -0.123. The van der Waals surface area contributed by atoms with Gasteiger partial charge in [-0.25, -0.2) is 0 Å². The van der Waals surface area contributed by atoms with Crippen LogP contribution >= 0.6 is 0 Å². The smallest absolute Gasteiger partial charge is 0.227 e. The van der Waals surface area contributed by atoms with Crippen LogP contribution in [-0.2, 0) is 9.59 Å². The van der Waals surface area contributed by atoms with Gasteiger partial charge in [0.25, 0.3) is 0 Å². The Bertz CT molecular complexity index is 568. The molecule has 0 saturated carbocycles. The van der Waals surface area contributed by atoms with E-state index in [9.17, 15) is 19.5 Å². The van der Waals surface area contributed by atoms with E-state index in [0.717, 1.165) is 0 Å². The van der Waals surface area contributed by atoms with Gasteiger partial charge in [-0.15, -0.1) is 0 Å². The van der Waals surface area contributed by atoms with Gasteiger partial charge in [-0.1, -0.05) is 6.07 Å². The van der Waals surface area contributed by atoms with Crippen LogP contribution in [-0.4, -0.2) is 29.2 Å². The summed E-state index contributed by atoms with van der Waals surface area (Å²) in [5, 5.41) is 10.0. The lowest BCUT2D eigenvalue weighted by Crippen LogP contribution is -2.28. The molecule has 0 spiro atoms. The Morgan fingerprint density at radius 3 is 2.63 bits per heavy atom. The van der Waals surface area contributed by atoms with Crippen molar-refractivity contribution in [1.29, 1.82) is 0 Å². The van der Waals surface area contributed by atoms with Crippen molar-refractivity contribution in [3.63, 3.8) is 0 Å². The lowest BCUT2D eigenvalue weighted by atomic mass is 10.1. The number of phenolic OH excluding ortho intramolecular Hbond substituents is 1. The molecule has 1 aliphatic rings. The summed E-state index contributed by atoms with van der Waals surface area (Å²) in [6.45, 7) is 1.46. The number of hydrogen-bond donors (Lipinski definition) is 2. The summed E-state index contributed by atoms with van der Waals surface area (Å²) in [6.07, 6.45) is 0.0269. The minimum atomic E-state index is -0.562. The van der Waals surface area contributed by atoms with Gasteiger partial charge < -0.3 is 15.7 Å². The Morgan fingerprint density at radius 1 is 1.42 bits per heavy atom. The van der Waals surface area contributed by atoms with Crippen molar-refractivity contribution in [1.82, 2.24) is 0 Å². The Balaban J connectivity index is 2.38. The van der Waals surface area contributed by atoms with E-state index in [-0.39, 0.29) is 41.7 Å². The third-order valence-corrected chi connectivity index (χ3v) is 3.21. The van der Waals surface area contributed by atoms with Gasteiger partial charge in [0.2, 0.25) is 11.8 Å². The maximum absolute atomic E-state index is 11.8. The molecule has 0 bridgehead atoms. The molecule has 3 N–H and O–H groups in total. The van der Waals surface area contributed by atoms with Crippen LogP contribution in [0.5, 0.6) is 5.75 Å². The first-order valence-corrected chi connectivity index (χ1v) is 5.84.